The number of nitrogens with two attached hydrogens (primary N) is 1. The summed E-state index contributed by atoms with van der Waals surface area (Å²) in [5.41, 5.74) is 6.87. The zero-order valence-corrected chi connectivity index (χ0v) is 16.0. The number of hydrogen-bond acceptors (Lipinski definition) is 4. The largest absolute Gasteiger partial charge is 0.445 e. The van der Waals surface area contributed by atoms with Crippen molar-refractivity contribution in [1.29, 1.82) is 0 Å². The van der Waals surface area contributed by atoms with Crippen LogP contribution in [0.15, 0.2) is 30.3 Å². The number of carbonyl (C=O) groups is 2. The van der Waals surface area contributed by atoms with Crippen LogP contribution in [0.1, 0.15) is 45.1 Å². The van der Waals surface area contributed by atoms with E-state index in [1.807, 2.05) is 44.2 Å². The Morgan fingerprint density at radius 2 is 1.81 bits per heavy atom. The molecule has 0 spiro atoms. The molecule has 2 rings (SSSR count). The van der Waals surface area contributed by atoms with E-state index in [0.717, 1.165) is 31.2 Å². The third-order valence-corrected chi connectivity index (χ3v) is 5.10. The average molecular weight is 361 g/mol. The van der Waals surface area contributed by atoms with E-state index in [9.17, 15) is 9.59 Å². The molecule has 1 aliphatic carbocycles. The minimum Gasteiger partial charge on any atom is -0.445 e. The second kappa shape index (κ2) is 9.57. The van der Waals surface area contributed by atoms with Crippen LogP contribution in [0.5, 0.6) is 0 Å². The van der Waals surface area contributed by atoms with Gasteiger partial charge in [-0.3, -0.25) is 4.79 Å². The maximum Gasteiger partial charge on any atom is 0.410 e. The van der Waals surface area contributed by atoms with Gasteiger partial charge in [0.05, 0.1) is 6.04 Å². The molecule has 0 aromatic heterocycles. The van der Waals surface area contributed by atoms with E-state index in [1.54, 1.807) is 11.9 Å². The average Bonchev–Trinajstić information content (AvgIpc) is 2.66. The first kappa shape index (κ1) is 20.2. The highest BCUT2D eigenvalue weighted by Crippen LogP contribution is 2.23. The summed E-state index contributed by atoms with van der Waals surface area (Å²) in [6, 6.07) is 9.46. The van der Waals surface area contributed by atoms with Crippen molar-refractivity contribution in [2.45, 2.75) is 64.3 Å². The minimum atomic E-state index is -0.469. The molecule has 144 valence electrons. The third-order valence-electron chi connectivity index (χ3n) is 5.10. The van der Waals surface area contributed by atoms with Crippen molar-refractivity contribution in [2.24, 2.45) is 11.7 Å². The van der Waals surface area contributed by atoms with Crippen molar-refractivity contribution >= 4 is 12.0 Å². The quantitative estimate of drug-likeness (QED) is 0.816. The van der Waals surface area contributed by atoms with E-state index in [0.29, 0.717) is 0 Å². The molecule has 1 aromatic carbocycles. The third kappa shape index (κ3) is 5.73. The summed E-state index contributed by atoms with van der Waals surface area (Å²) in [6.45, 7) is 4.16. The normalized spacial score (nSPS) is 21.1. The van der Waals surface area contributed by atoms with Crippen LogP contribution < -0.4 is 11.1 Å². The summed E-state index contributed by atoms with van der Waals surface area (Å²) in [4.78, 5) is 26.0. The van der Waals surface area contributed by atoms with Crippen LogP contribution in [0.3, 0.4) is 0 Å². The summed E-state index contributed by atoms with van der Waals surface area (Å²) in [5, 5.41) is 3.04. The summed E-state index contributed by atoms with van der Waals surface area (Å²) < 4.78 is 5.39. The second-order valence-corrected chi connectivity index (χ2v) is 7.43. The van der Waals surface area contributed by atoms with Crippen LogP contribution in [0.4, 0.5) is 4.79 Å². The van der Waals surface area contributed by atoms with E-state index >= 15 is 0 Å². The Bertz CT molecular complexity index is 583. The molecule has 2 amide bonds. The number of amides is 2. The van der Waals surface area contributed by atoms with E-state index in [-0.39, 0.29) is 36.6 Å². The Hall–Kier alpha value is -2.08. The molecule has 0 aliphatic heterocycles. The highest BCUT2D eigenvalue weighted by atomic mass is 16.6. The fraction of sp³-hybridized carbons (Fsp3) is 0.600. The van der Waals surface area contributed by atoms with Gasteiger partial charge in [-0.1, -0.05) is 44.2 Å². The van der Waals surface area contributed by atoms with Gasteiger partial charge in [-0.15, -0.1) is 0 Å². The summed E-state index contributed by atoms with van der Waals surface area (Å²) >= 11 is 0. The Labute approximate surface area is 156 Å². The molecule has 6 nitrogen and oxygen atoms in total. The molecular formula is C20H31N3O3. The Balaban J connectivity index is 1.74. The van der Waals surface area contributed by atoms with Crippen LogP contribution >= 0.6 is 0 Å². The maximum absolute atomic E-state index is 12.3. The lowest BCUT2D eigenvalue weighted by Crippen LogP contribution is -2.50. The number of benzene rings is 1. The first-order valence-electron chi connectivity index (χ1n) is 9.38. The fourth-order valence-corrected chi connectivity index (χ4v) is 3.18. The summed E-state index contributed by atoms with van der Waals surface area (Å²) in [5.74, 6) is 0.0379. The smallest absolute Gasteiger partial charge is 0.410 e. The lowest BCUT2D eigenvalue weighted by molar-refractivity contribution is -0.124. The standard InChI is InChI=1S/C20H31N3O3/c1-14(2)18(21)19(24)22-16-9-11-17(12-10-16)23(3)20(25)26-13-15-7-5-4-6-8-15/h4-8,14,16-18H,9-13,21H2,1-3H3,(H,22,24). The summed E-state index contributed by atoms with van der Waals surface area (Å²) in [7, 11) is 1.78. The van der Waals surface area contributed by atoms with Crippen molar-refractivity contribution in [2.75, 3.05) is 7.05 Å². The van der Waals surface area contributed by atoms with Gasteiger partial charge < -0.3 is 20.7 Å². The molecular weight excluding hydrogens is 330 g/mol. The SMILES string of the molecule is CC(C)C(N)C(=O)NC1CCC(N(C)C(=O)OCc2ccccc2)CC1. The van der Waals surface area contributed by atoms with Crippen molar-refractivity contribution < 1.29 is 14.3 Å². The van der Waals surface area contributed by atoms with Gasteiger partial charge in [0.25, 0.3) is 0 Å². The highest BCUT2D eigenvalue weighted by Gasteiger charge is 2.29. The summed E-state index contributed by atoms with van der Waals surface area (Å²) in [6.07, 6.45) is 3.08. The fourth-order valence-electron chi connectivity index (χ4n) is 3.18. The molecule has 0 bridgehead atoms. The van der Waals surface area contributed by atoms with Gasteiger partial charge in [0, 0.05) is 19.1 Å². The van der Waals surface area contributed by atoms with Gasteiger partial charge in [-0.2, -0.15) is 0 Å². The van der Waals surface area contributed by atoms with E-state index in [1.165, 1.54) is 0 Å². The van der Waals surface area contributed by atoms with Crippen molar-refractivity contribution in [3.63, 3.8) is 0 Å². The molecule has 0 saturated heterocycles. The van der Waals surface area contributed by atoms with Gasteiger partial charge in [0.2, 0.25) is 5.91 Å². The Morgan fingerprint density at radius 1 is 1.19 bits per heavy atom. The first-order chi connectivity index (χ1) is 12.4. The molecule has 1 aromatic rings. The molecule has 1 saturated carbocycles. The predicted octanol–water partition coefficient (Wildman–Crippen LogP) is 2.67. The highest BCUT2D eigenvalue weighted by molar-refractivity contribution is 5.82. The lowest BCUT2D eigenvalue weighted by atomic mass is 9.90. The van der Waals surface area contributed by atoms with E-state index in [4.69, 9.17) is 10.5 Å². The van der Waals surface area contributed by atoms with Crippen molar-refractivity contribution in [3.05, 3.63) is 35.9 Å². The molecule has 26 heavy (non-hydrogen) atoms. The minimum absolute atomic E-state index is 0.0842. The van der Waals surface area contributed by atoms with Crippen LogP contribution in [0.2, 0.25) is 0 Å². The molecule has 1 fully saturated rings. The molecule has 1 aliphatic rings. The van der Waals surface area contributed by atoms with Gasteiger partial charge in [-0.25, -0.2) is 4.79 Å². The van der Waals surface area contributed by atoms with E-state index < -0.39 is 6.04 Å². The van der Waals surface area contributed by atoms with E-state index in [2.05, 4.69) is 5.32 Å². The molecule has 3 N–H and O–H groups in total. The molecule has 1 atom stereocenters. The molecule has 0 radical (unpaired) electrons. The van der Waals surface area contributed by atoms with Crippen molar-refractivity contribution in [3.8, 4) is 0 Å². The zero-order chi connectivity index (χ0) is 19.1. The lowest BCUT2D eigenvalue weighted by Gasteiger charge is -2.34. The van der Waals surface area contributed by atoms with Gasteiger partial charge in [0.15, 0.2) is 0 Å². The van der Waals surface area contributed by atoms with Crippen LogP contribution in [0, 0.1) is 5.92 Å². The predicted molar refractivity (Wildman–Crippen MR) is 101 cm³/mol. The molecule has 0 heterocycles. The second-order valence-electron chi connectivity index (χ2n) is 7.43. The number of nitrogens with zero attached hydrogens (tertiary/aromatic N) is 1. The van der Waals surface area contributed by atoms with Gasteiger partial charge >= 0.3 is 6.09 Å². The van der Waals surface area contributed by atoms with Gasteiger partial charge in [0.1, 0.15) is 6.61 Å². The maximum atomic E-state index is 12.3. The Kier molecular flexibility index (Phi) is 7.45. The number of ether oxygens (including phenoxy) is 1. The number of rotatable bonds is 6. The Morgan fingerprint density at radius 3 is 2.38 bits per heavy atom. The van der Waals surface area contributed by atoms with Gasteiger partial charge in [-0.05, 0) is 37.2 Å². The zero-order valence-electron chi connectivity index (χ0n) is 16.0. The van der Waals surface area contributed by atoms with Crippen LogP contribution in [0.25, 0.3) is 0 Å². The number of hydrogen-bond donors (Lipinski definition) is 2. The molecule has 1 unspecified atom stereocenters. The van der Waals surface area contributed by atoms with Crippen LogP contribution in [-0.4, -0.2) is 42.1 Å². The van der Waals surface area contributed by atoms with Crippen LogP contribution in [-0.2, 0) is 16.1 Å². The number of carbonyl (C=O) groups excluding carboxylic acids is 2. The van der Waals surface area contributed by atoms with Crippen molar-refractivity contribution in [1.82, 2.24) is 10.2 Å². The molecule has 6 heteroatoms. The monoisotopic (exact) mass is 361 g/mol. The topological polar surface area (TPSA) is 84.7 Å². The first-order valence-corrected chi connectivity index (χ1v) is 9.38. The number of nitrogens with one attached hydrogen (secondary N) is 1.